The Bertz CT molecular complexity index is 317. The van der Waals surface area contributed by atoms with Crippen molar-refractivity contribution in [3.8, 4) is 0 Å². The summed E-state index contributed by atoms with van der Waals surface area (Å²) in [5, 5.41) is 4.08. The Morgan fingerprint density at radius 1 is 1.67 bits per heavy atom. The SMILES string of the molecule is Cn1nc(C=O)c2c1CCOC2. The van der Waals surface area contributed by atoms with Gasteiger partial charge in [0.2, 0.25) is 0 Å². The molecule has 2 heterocycles. The maximum absolute atomic E-state index is 10.6. The molecule has 1 aromatic rings. The van der Waals surface area contributed by atoms with E-state index in [9.17, 15) is 4.79 Å². The Morgan fingerprint density at radius 3 is 3.25 bits per heavy atom. The van der Waals surface area contributed by atoms with Gasteiger partial charge in [0.1, 0.15) is 5.69 Å². The van der Waals surface area contributed by atoms with Gasteiger partial charge < -0.3 is 4.74 Å². The van der Waals surface area contributed by atoms with Gasteiger partial charge in [0.15, 0.2) is 6.29 Å². The molecule has 1 aliphatic heterocycles. The number of nitrogens with zero attached hydrogens (tertiary/aromatic N) is 2. The molecule has 1 aromatic heterocycles. The number of fused-ring (bicyclic) bond motifs is 1. The topological polar surface area (TPSA) is 44.1 Å². The Labute approximate surface area is 70.1 Å². The van der Waals surface area contributed by atoms with Crippen molar-refractivity contribution >= 4 is 6.29 Å². The summed E-state index contributed by atoms with van der Waals surface area (Å²) in [6.45, 7) is 1.25. The maximum Gasteiger partial charge on any atom is 0.170 e. The van der Waals surface area contributed by atoms with Crippen molar-refractivity contribution in [2.45, 2.75) is 13.0 Å². The van der Waals surface area contributed by atoms with Crippen LogP contribution in [0.15, 0.2) is 0 Å². The smallest absolute Gasteiger partial charge is 0.170 e. The van der Waals surface area contributed by atoms with Crippen molar-refractivity contribution in [1.82, 2.24) is 9.78 Å². The van der Waals surface area contributed by atoms with E-state index in [0.29, 0.717) is 12.3 Å². The van der Waals surface area contributed by atoms with Crippen LogP contribution < -0.4 is 0 Å². The quantitative estimate of drug-likeness (QED) is 0.564. The van der Waals surface area contributed by atoms with Gasteiger partial charge in [-0.2, -0.15) is 5.10 Å². The Kier molecular flexibility index (Phi) is 1.69. The molecule has 0 fully saturated rings. The largest absolute Gasteiger partial charge is 0.376 e. The molecule has 0 aliphatic carbocycles. The monoisotopic (exact) mass is 166 g/mol. The molecule has 2 rings (SSSR count). The van der Waals surface area contributed by atoms with Crippen molar-refractivity contribution < 1.29 is 9.53 Å². The molecule has 0 amide bonds. The first-order valence-electron chi connectivity index (χ1n) is 3.90. The second-order valence-electron chi connectivity index (χ2n) is 2.85. The highest BCUT2D eigenvalue weighted by molar-refractivity contribution is 5.74. The summed E-state index contributed by atoms with van der Waals surface area (Å²) < 4.78 is 7.00. The Morgan fingerprint density at radius 2 is 2.50 bits per heavy atom. The minimum absolute atomic E-state index is 0.521. The highest BCUT2D eigenvalue weighted by Crippen LogP contribution is 2.18. The summed E-state index contributed by atoms with van der Waals surface area (Å²) in [5.41, 5.74) is 2.61. The first-order chi connectivity index (χ1) is 5.83. The van der Waals surface area contributed by atoms with E-state index in [-0.39, 0.29) is 0 Å². The fraction of sp³-hybridized carbons (Fsp3) is 0.500. The van der Waals surface area contributed by atoms with E-state index in [1.807, 2.05) is 7.05 Å². The lowest BCUT2D eigenvalue weighted by molar-refractivity contribution is 0.105. The number of aromatic nitrogens is 2. The first-order valence-corrected chi connectivity index (χ1v) is 3.90. The molecule has 4 heteroatoms. The number of rotatable bonds is 1. The molecule has 0 N–H and O–H groups in total. The van der Waals surface area contributed by atoms with Crippen molar-refractivity contribution in [3.05, 3.63) is 17.0 Å². The molecular formula is C8H10N2O2. The van der Waals surface area contributed by atoms with E-state index < -0.39 is 0 Å². The van der Waals surface area contributed by atoms with E-state index in [2.05, 4.69) is 5.10 Å². The van der Waals surface area contributed by atoms with Gasteiger partial charge in [-0.3, -0.25) is 9.48 Å². The van der Waals surface area contributed by atoms with Gasteiger partial charge in [-0.1, -0.05) is 0 Å². The average molecular weight is 166 g/mol. The number of aryl methyl sites for hydroxylation is 1. The zero-order valence-electron chi connectivity index (χ0n) is 6.91. The molecule has 4 nitrogen and oxygen atoms in total. The van der Waals surface area contributed by atoms with Gasteiger partial charge in [0.25, 0.3) is 0 Å². The van der Waals surface area contributed by atoms with E-state index in [1.54, 1.807) is 4.68 Å². The van der Waals surface area contributed by atoms with Crippen molar-refractivity contribution in [3.63, 3.8) is 0 Å². The van der Waals surface area contributed by atoms with Gasteiger partial charge >= 0.3 is 0 Å². The third-order valence-corrected chi connectivity index (χ3v) is 2.15. The molecule has 64 valence electrons. The predicted molar refractivity (Wildman–Crippen MR) is 42.0 cm³/mol. The van der Waals surface area contributed by atoms with Gasteiger partial charge in [-0.15, -0.1) is 0 Å². The summed E-state index contributed by atoms with van der Waals surface area (Å²) in [4.78, 5) is 10.6. The van der Waals surface area contributed by atoms with Crippen LogP contribution in [0.4, 0.5) is 0 Å². The molecule has 0 saturated heterocycles. The highest BCUT2D eigenvalue weighted by Gasteiger charge is 2.18. The van der Waals surface area contributed by atoms with Crippen LogP contribution in [0.2, 0.25) is 0 Å². The lowest BCUT2D eigenvalue weighted by Gasteiger charge is -2.12. The molecular weight excluding hydrogens is 156 g/mol. The van der Waals surface area contributed by atoms with E-state index in [1.165, 1.54) is 0 Å². The molecule has 0 unspecified atom stereocenters. The lowest BCUT2D eigenvalue weighted by Crippen LogP contribution is -2.12. The molecule has 0 bridgehead atoms. The standard InChI is InChI=1S/C8H10N2O2/c1-10-8-2-3-12-5-6(8)7(4-11)9-10/h4H,2-3,5H2,1H3. The molecule has 1 aliphatic rings. The fourth-order valence-electron chi connectivity index (χ4n) is 1.53. The number of hydrogen-bond donors (Lipinski definition) is 0. The van der Waals surface area contributed by atoms with E-state index >= 15 is 0 Å². The maximum atomic E-state index is 10.6. The minimum Gasteiger partial charge on any atom is -0.376 e. The van der Waals surface area contributed by atoms with Crippen LogP contribution in [0, 0.1) is 0 Å². The van der Waals surface area contributed by atoms with Crippen LogP contribution in [0.3, 0.4) is 0 Å². The zero-order valence-corrected chi connectivity index (χ0v) is 6.91. The van der Waals surface area contributed by atoms with Crippen LogP contribution in [0.1, 0.15) is 21.7 Å². The third-order valence-electron chi connectivity index (χ3n) is 2.15. The number of aldehydes is 1. The van der Waals surface area contributed by atoms with Crippen LogP contribution in [0.5, 0.6) is 0 Å². The second kappa shape index (κ2) is 2.71. The van der Waals surface area contributed by atoms with E-state index in [4.69, 9.17) is 4.74 Å². The molecule has 0 radical (unpaired) electrons. The minimum atomic E-state index is 0.521. The summed E-state index contributed by atoms with van der Waals surface area (Å²) in [7, 11) is 1.86. The number of ether oxygens (including phenoxy) is 1. The number of carbonyl (C=O) groups excluding carboxylic acids is 1. The van der Waals surface area contributed by atoms with Crippen molar-refractivity contribution in [1.29, 1.82) is 0 Å². The summed E-state index contributed by atoms with van der Waals surface area (Å²) in [6.07, 6.45) is 1.64. The number of hydrogen-bond acceptors (Lipinski definition) is 3. The van der Waals surface area contributed by atoms with Crippen LogP contribution in [0.25, 0.3) is 0 Å². The average Bonchev–Trinajstić information content (AvgIpc) is 2.44. The summed E-state index contributed by atoms with van der Waals surface area (Å²) in [5.74, 6) is 0. The van der Waals surface area contributed by atoms with Gasteiger partial charge in [-0.05, 0) is 0 Å². The van der Waals surface area contributed by atoms with E-state index in [0.717, 1.165) is 30.6 Å². The second-order valence-corrected chi connectivity index (χ2v) is 2.85. The van der Waals surface area contributed by atoms with Gasteiger partial charge in [0.05, 0.1) is 13.2 Å². The molecule has 0 saturated carbocycles. The van der Waals surface area contributed by atoms with Gasteiger partial charge in [0, 0.05) is 24.7 Å². The van der Waals surface area contributed by atoms with Crippen LogP contribution >= 0.6 is 0 Å². The Balaban J connectivity index is 2.53. The molecule has 0 spiro atoms. The molecule has 0 aromatic carbocycles. The third kappa shape index (κ3) is 0.956. The number of carbonyl (C=O) groups is 1. The predicted octanol–water partition coefficient (Wildman–Crippen LogP) is 0.305. The normalized spacial score (nSPS) is 15.8. The van der Waals surface area contributed by atoms with Crippen molar-refractivity contribution in [2.24, 2.45) is 7.05 Å². The molecule has 12 heavy (non-hydrogen) atoms. The highest BCUT2D eigenvalue weighted by atomic mass is 16.5. The fourth-order valence-corrected chi connectivity index (χ4v) is 1.53. The first kappa shape index (κ1) is 7.49. The summed E-state index contributed by atoms with van der Waals surface area (Å²) in [6, 6.07) is 0. The zero-order chi connectivity index (χ0) is 8.55. The Hall–Kier alpha value is -1.16. The summed E-state index contributed by atoms with van der Waals surface area (Å²) >= 11 is 0. The van der Waals surface area contributed by atoms with Crippen LogP contribution in [-0.4, -0.2) is 22.7 Å². The van der Waals surface area contributed by atoms with Crippen LogP contribution in [-0.2, 0) is 24.8 Å². The molecule has 0 atom stereocenters. The lowest BCUT2D eigenvalue weighted by atomic mass is 10.1. The van der Waals surface area contributed by atoms with Gasteiger partial charge in [-0.25, -0.2) is 0 Å². The van der Waals surface area contributed by atoms with Crippen molar-refractivity contribution in [2.75, 3.05) is 6.61 Å².